The molecule has 0 bridgehead atoms. The molecular formula is C15H19N3O2S. The topological polar surface area (TPSA) is 58.4 Å². The second-order valence-corrected chi connectivity index (χ2v) is 6.23. The number of nitrogens with one attached hydrogen (secondary N) is 1. The Hall–Kier alpha value is -1.66. The first-order valence-electron chi connectivity index (χ1n) is 7.15. The minimum Gasteiger partial charge on any atom is -0.459 e. The molecule has 1 atom stereocenters. The Morgan fingerprint density at radius 2 is 2.43 bits per heavy atom. The Bertz CT molecular complexity index is 634. The molecule has 6 heteroatoms. The number of aromatic nitrogens is 1. The van der Waals surface area contributed by atoms with Crippen LogP contribution in [0.15, 0.2) is 21.9 Å². The minimum atomic E-state index is 0.150. The lowest BCUT2D eigenvalue weighted by atomic mass is 10.2. The van der Waals surface area contributed by atoms with E-state index in [9.17, 15) is 4.79 Å². The molecule has 1 fully saturated rings. The smallest absolute Gasteiger partial charge is 0.228 e. The minimum absolute atomic E-state index is 0.150. The molecule has 0 radical (unpaired) electrons. The number of hydrogen-bond acceptors (Lipinski definition) is 5. The van der Waals surface area contributed by atoms with E-state index in [-0.39, 0.29) is 11.9 Å². The number of aryl methyl sites for hydroxylation is 1. The molecule has 1 aliphatic heterocycles. The van der Waals surface area contributed by atoms with Gasteiger partial charge in [-0.05, 0) is 26.0 Å². The first-order valence-corrected chi connectivity index (χ1v) is 8.03. The first kappa shape index (κ1) is 14.3. The van der Waals surface area contributed by atoms with E-state index in [2.05, 4.69) is 17.2 Å². The fraction of sp³-hybridized carbons (Fsp3) is 0.467. The summed E-state index contributed by atoms with van der Waals surface area (Å²) in [4.78, 5) is 18.8. The van der Waals surface area contributed by atoms with Crippen molar-refractivity contribution in [1.29, 1.82) is 0 Å². The number of hydrogen-bond donors (Lipinski definition) is 1. The largest absolute Gasteiger partial charge is 0.459 e. The molecule has 0 spiro atoms. The highest BCUT2D eigenvalue weighted by Crippen LogP contribution is 2.26. The summed E-state index contributed by atoms with van der Waals surface area (Å²) in [5.74, 6) is 1.79. The van der Waals surface area contributed by atoms with E-state index in [0.29, 0.717) is 6.42 Å². The summed E-state index contributed by atoms with van der Waals surface area (Å²) in [5, 5.41) is 6.07. The van der Waals surface area contributed by atoms with Gasteiger partial charge in [-0.2, -0.15) is 0 Å². The zero-order chi connectivity index (χ0) is 14.8. The van der Waals surface area contributed by atoms with Crippen LogP contribution in [0.3, 0.4) is 0 Å². The maximum atomic E-state index is 12.4. The van der Waals surface area contributed by atoms with Crippen LogP contribution in [0.4, 0.5) is 0 Å². The third-order valence-corrected chi connectivity index (χ3v) is 4.56. The molecule has 1 N–H and O–H groups in total. The Morgan fingerprint density at radius 3 is 3.14 bits per heavy atom. The van der Waals surface area contributed by atoms with Gasteiger partial charge in [-0.15, -0.1) is 11.3 Å². The highest BCUT2D eigenvalue weighted by atomic mass is 32.1. The molecule has 3 heterocycles. The lowest BCUT2D eigenvalue weighted by Crippen LogP contribution is -2.52. The number of rotatable bonds is 3. The Labute approximate surface area is 128 Å². The van der Waals surface area contributed by atoms with Crippen molar-refractivity contribution in [2.75, 3.05) is 19.6 Å². The van der Waals surface area contributed by atoms with Crippen molar-refractivity contribution in [3.05, 3.63) is 29.0 Å². The molecule has 2 aromatic rings. The molecular weight excluding hydrogens is 286 g/mol. The number of piperazine rings is 1. The van der Waals surface area contributed by atoms with E-state index in [1.165, 1.54) is 11.3 Å². The van der Waals surface area contributed by atoms with Crippen LogP contribution >= 0.6 is 11.3 Å². The average Bonchev–Trinajstić information content (AvgIpc) is 3.08. The van der Waals surface area contributed by atoms with Gasteiger partial charge in [0.05, 0.1) is 12.1 Å². The van der Waals surface area contributed by atoms with Crippen LogP contribution in [0.25, 0.3) is 10.8 Å². The second kappa shape index (κ2) is 5.99. The number of carbonyl (C=O) groups excluding carboxylic acids is 1. The summed E-state index contributed by atoms with van der Waals surface area (Å²) in [6.07, 6.45) is 0.362. The molecule has 0 aliphatic carbocycles. The van der Waals surface area contributed by atoms with Crippen LogP contribution in [0.1, 0.15) is 18.4 Å². The molecule has 1 amide bonds. The zero-order valence-corrected chi connectivity index (χ0v) is 13.1. The van der Waals surface area contributed by atoms with Crippen LogP contribution in [0.2, 0.25) is 0 Å². The standard InChI is InChI=1S/C15H19N3O2S/c1-10-8-16-5-6-18(10)14(19)7-12-9-21-15(17-12)13-4-3-11(2)20-13/h3-4,9-10,16H,5-8H2,1-2H3/t10-/m0/s1. The highest BCUT2D eigenvalue weighted by molar-refractivity contribution is 7.13. The number of carbonyl (C=O) groups is 1. The van der Waals surface area contributed by atoms with Crippen molar-refractivity contribution < 1.29 is 9.21 Å². The third kappa shape index (κ3) is 3.16. The number of furan rings is 1. The molecule has 1 saturated heterocycles. The summed E-state index contributed by atoms with van der Waals surface area (Å²) < 4.78 is 5.57. The number of nitrogens with zero attached hydrogens (tertiary/aromatic N) is 2. The summed E-state index contributed by atoms with van der Waals surface area (Å²) in [7, 11) is 0. The van der Waals surface area contributed by atoms with E-state index < -0.39 is 0 Å². The van der Waals surface area contributed by atoms with Gasteiger partial charge in [0.25, 0.3) is 0 Å². The molecule has 1 aliphatic rings. The normalized spacial score (nSPS) is 19.0. The number of amides is 1. The highest BCUT2D eigenvalue weighted by Gasteiger charge is 2.23. The monoisotopic (exact) mass is 305 g/mol. The van der Waals surface area contributed by atoms with Crippen molar-refractivity contribution in [3.63, 3.8) is 0 Å². The van der Waals surface area contributed by atoms with E-state index in [1.54, 1.807) is 0 Å². The number of thiazole rings is 1. The Morgan fingerprint density at radius 1 is 1.57 bits per heavy atom. The third-order valence-electron chi connectivity index (χ3n) is 3.66. The molecule has 0 aromatic carbocycles. The zero-order valence-electron chi connectivity index (χ0n) is 12.3. The van der Waals surface area contributed by atoms with Crippen LogP contribution < -0.4 is 5.32 Å². The van der Waals surface area contributed by atoms with Crippen LogP contribution in [0, 0.1) is 6.92 Å². The maximum Gasteiger partial charge on any atom is 0.228 e. The van der Waals surface area contributed by atoms with Crippen molar-refractivity contribution in [3.8, 4) is 10.8 Å². The van der Waals surface area contributed by atoms with Gasteiger partial charge in [0.1, 0.15) is 5.76 Å². The Balaban J connectivity index is 1.68. The predicted molar refractivity (Wildman–Crippen MR) is 82.3 cm³/mol. The van der Waals surface area contributed by atoms with Crippen LogP contribution in [0.5, 0.6) is 0 Å². The summed E-state index contributed by atoms with van der Waals surface area (Å²) in [6.45, 7) is 6.48. The molecule has 5 nitrogen and oxygen atoms in total. The van der Waals surface area contributed by atoms with E-state index in [0.717, 1.165) is 41.9 Å². The van der Waals surface area contributed by atoms with Gasteiger partial charge in [-0.3, -0.25) is 4.79 Å². The van der Waals surface area contributed by atoms with Gasteiger partial charge in [-0.25, -0.2) is 4.98 Å². The molecule has 0 unspecified atom stereocenters. The first-order chi connectivity index (χ1) is 10.1. The van der Waals surface area contributed by atoms with Gasteiger partial charge in [0, 0.05) is 31.1 Å². The van der Waals surface area contributed by atoms with E-state index in [1.807, 2.05) is 29.3 Å². The van der Waals surface area contributed by atoms with Gasteiger partial charge >= 0.3 is 0 Å². The van der Waals surface area contributed by atoms with Gasteiger partial charge in [0.15, 0.2) is 10.8 Å². The van der Waals surface area contributed by atoms with Crippen LogP contribution in [-0.2, 0) is 11.2 Å². The van der Waals surface area contributed by atoms with Gasteiger partial charge in [-0.1, -0.05) is 0 Å². The Kier molecular flexibility index (Phi) is 4.07. The molecule has 112 valence electrons. The maximum absolute atomic E-state index is 12.4. The van der Waals surface area contributed by atoms with Crippen molar-refractivity contribution in [2.45, 2.75) is 26.3 Å². The fourth-order valence-corrected chi connectivity index (χ4v) is 3.30. The fourth-order valence-electron chi connectivity index (χ4n) is 2.52. The van der Waals surface area contributed by atoms with Gasteiger partial charge < -0.3 is 14.6 Å². The molecule has 2 aromatic heterocycles. The predicted octanol–water partition coefficient (Wildman–Crippen LogP) is 2.07. The van der Waals surface area contributed by atoms with E-state index >= 15 is 0 Å². The quantitative estimate of drug-likeness (QED) is 0.943. The molecule has 21 heavy (non-hydrogen) atoms. The lowest BCUT2D eigenvalue weighted by Gasteiger charge is -2.33. The van der Waals surface area contributed by atoms with Crippen molar-refractivity contribution in [2.24, 2.45) is 0 Å². The average molecular weight is 305 g/mol. The SMILES string of the molecule is Cc1ccc(-c2nc(CC(=O)N3CCNC[C@@H]3C)cs2)o1. The van der Waals surface area contributed by atoms with E-state index in [4.69, 9.17) is 4.42 Å². The summed E-state index contributed by atoms with van der Waals surface area (Å²) in [6, 6.07) is 4.08. The summed E-state index contributed by atoms with van der Waals surface area (Å²) >= 11 is 1.52. The van der Waals surface area contributed by atoms with Crippen molar-refractivity contribution >= 4 is 17.2 Å². The van der Waals surface area contributed by atoms with Crippen molar-refractivity contribution in [1.82, 2.24) is 15.2 Å². The summed E-state index contributed by atoms with van der Waals surface area (Å²) in [5.41, 5.74) is 0.819. The molecule has 3 rings (SSSR count). The lowest BCUT2D eigenvalue weighted by molar-refractivity contribution is -0.133. The second-order valence-electron chi connectivity index (χ2n) is 5.37. The van der Waals surface area contributed by atoms with Crippen LogP contribution in [-0.4, -0.2) is 41.5 Å². The molecule has 0 saturated carbocycles. The van der Waals surface area contributed by atoms with Gasteiger partial charge in [0.2, 0.25) is 5.91 Å².